The number of nitrogens with zero attached hydrogens (tertiary/aromatic N) is 1. The molecule has 7 nitrogen and oxygen atoms in total. The van der Waals surface area contributed by atoms with Crippen molar-refractivity contribution in [3.05, 3.63) is 29.8 Å². The minimum absolute atomic E-state index is 0. The number of halogens is 1. The highest BCUT2D eigenvalue weighted by atomic mass is 35.5. The first-order valence-electron chi connectivity index (χ1n) is 8.92. The Hall–Kier alpha value is -2.12. The van der Waals surface area contributed by atoms with E-state index in [9.17, 15) is 14.4 Å². The first-order valence-corrected chi connectivity index (χ1v) is 8.92. The van der Waals surface area contributed by atoms with Crippen LogP contribution in [0.3, 0.4) is 0 Å². The van der Waals surface area contributed by atoms with Gasteiger partial charge in [-0.2, -0.15) is 0 Å². The number of hydrogen-bond acceptors (Lipinski definition) is 5. The van der Waals surface area contributed by atoms with Gasteiger partial charge in [0.1, 0.15) is 5.75 Å². The predicted molar refractivity (Wildman–Crippen MR) is 105 cm³/mol. The summed E-state index contributed by atoms with van der Waals surface area (Å²) >= 11 is 0. The third-order valence-electron chi connectivity index (χ3n) is 4.61. The second-order valence-corrected chi connectivity index (χ2v) is 6.40. The van der Waals surface area contributed by atoms with Gasteiger partial charge in [-0.1, -0.05) is 0 Å². The van der Waals surface area contributed by atoms with Gasteiger partial charge in [0.05, 0.1) is 13.7 Å². The van der Waals surface area contributed by atoms with Crippen molar-refractivity contribution in [2.24, 2.45) is 0 Å². The monoisotopic (exact) mass is 397 g/mol. The van der Waals surface area contributed by atoms with E-state index in [0.717, 1.165) is 19.4 Å². The molecule has 1 fully saturated rings. The lowest BCUT2D eigenvalue weighted by molar-refractivity contribution is -0.134. The summed E-state index contributed by atoms with van der Waals surface area (Å²) in [6.07, 6.45) is 2.29. The number of carbonyl (C=O) groups excluding carboxylic acids is 3. The number of likely N-dealkylation sites (tertiary alicyclic amines) is 1. The summed E-state index contributed by atoms with van der Waals surface area (Å²) in [7, 11) is 3.45. The first kappa shape index (κ1) is 22.9. The number of ether oxygens (including phenoxy) is 1. The third-order valence-corrected chi connectivity index (χ3v) is 4.61. The lowest BCUT2D eigenvalue weighted by atomic mass is 10.1. The van der Waals surface area contributed by atoms with Crippen molar-refractivity contribution in [1.29, 1.82) is 0 Å². The van der Waals surface area contributed by atoms with Gasteiger partial charge in [0.25, 0.3) is 0 Å². The van der Waals surface area contributed by atoms with E-state index >= 15 is 0 Å². The summed E-state index contributed by atoms with van der Waals surface area (Å²) in [4.78, 5) is 38.0. The minimum Gasteiger partial charge on any atom is -0.497 e. The highest BCUT2D eigenvalue weighted by Gasteiger charge is 2.22. The molecule has 1 atom stereocenters. The van der Waals surface area contributed by atoms with E-state index in [2.05, 4.69) is 10.6 Å². The standard InChI is InChI=1S/C19H27N3O4.ClH/c1-20-15-4-3-11-22(13-15)19(25)10-9-18(24)21-12-17(23)14-5-7-16(26-2)8-6-14;/h5-8,15,20H,3-4,9-13H2,1-2H3,(H,21,24);1H. The molecule has 1 aromatic carbocycles. The fraction of sp³-hybridized carbons (Fsp3) is 0.526. The van der Waals surface area contributed by atoms with Crippen LogP contribution in [0.1, 0.15) is 36.0 Å². The average Bonchev–Trinajstić information content (AvgIpc) is 2.70. The number of ketones is 1. The van der Waals surface area contributed by atoms with E-state index in [1.165, 1.54) is 0 Å². The zero-order valence-electron chi connectivity index (χ0n) is 15.8. The number of benzene rings is 1. The van der Waals surface area contributed by atoms with Crippen LogP contribution in [0.2, 0.25) is 0 Å². The second kappa shape index (κ2) is 11.6. The summed E-state index contributed by atoms with van der Waals surface area (Å²) in [6.45, 7) is 1.35. The second-order valence-electron chi connectivity index (χ2n) is 6.40. The largest absolute Gasteiger partial charge is 0.497 e. The normalized spacial score (nSPS) is 16.2. The molecule has 1 saturated heterocycles. The van der Waals surface area contributed by atoms with E-state index in [-0.39, 0.29) is 49.4 Å². The highest BCUT2D eigenvalue weighted by Crippen LogP contribution is 2.12. The van der Waals surface area contributed by atoms with Crippen LogP contribution in [0.15, 0.2) is 24.3 Å². The van der Waals surface area contributed by atoms with Gasteiger partial charge in [-0.3, -0.25) is 14.4 Å². The van der Waals surface area contributed by atoms with Gasteiger partial charge >= 0.3 is 0 Å². The molecule has 1 aliphatic heterocycles. The molecule has 1 aromatic rings. The summed E-state index contributed by atoms with van der Waals surface area (Å²) in [5.41, 5.74) is 0.508. The molecule has 0 aromatic heterocycles. The minimum atomic E-state index is -0.289. The van der Waals surface area contributed by atoms with Crippen LogP contribution in [-0.4, -0.2) is 62.3 Å². The van der Waals surface area contributed by atoms with Crippen molar-refractivity contribution in [2.75, 3.05) is 33.8 Å². The average molecular weight is 398 g/mol. The fourth-order valence-corrected chi connectivity index (χ4v) is 2.96. The van der Waals surface area contributed by atoms with Gasteiger partial charge in [-0.05, 0) is 44.2 Å². The summed E-state index contributed by atoms with van der Waals surface area (Å²) in [5, 5.41) is 5.78. The Bertz CT molecular complexity index is 636. The van der Waals surface area contributed by atoms with Crippen molar-refractivity contribution in [3.63, 3.8) is 0 Å². The van der Waals surface area contributed by atoms with Gasteiger partial charge < -0.3 is 20.3 Å². The van der Waals surface area contributed by atoms with Crippen LogP contribution in [0.5, 0.6) is 5.75 Å². The molecule has 2 N–H and O–H groups in total. The Morgan fingerprint density at radius 2 is 1.89 bits per heavy atom. The number of methoxy groups -OCH3 is 1. The Balaban J connectivity index is 0.00000364. The fourth-order valence-electron chi connectivity index (χ4n) is 2.96. The van der Waals surface area contributed by atoms with Crippen LogP contribution in [0.4, 0.5) is 0 Å². The number of amides is 2. The summed E-state index contributed by atoms with van der Waals surface area (Å²) in [5.74, 6) is 0.187. The zero-order chi connectivity index (χ0) is 18.9. The van der Waals surface area contributed by atoms with E-state index in [4.69, 9.17) is 4.74 Å². The van der Waals surface area contributed by atoms with Crippen molar-refractivity contribution < 1.29 is 19.1 Å². The zero-order valence-corrected chi connectivity index (χ0v) is 16.6. The lowest BCUT2D eigenvalue weighted by Crippen LogP contribution is -2.47. The molecule has 0 spiro atoms. The number of likely N-dealkylation sites (N-methyl/N-ethyl adjacent to an activating group) is 1. The van der Waals surface area contributed by atoms with Crippen LogP contribution in [0.25, 0.3) is 0 Å². The third kappa shape index (κ3) is 7.19. The van der Waals surface area contributed by atoms with Crippen molar-refractivity contribution >= 4 is 30.0 Å². The van der Waals surface area contributed by atoms with Crippen molar-refractivity contribution in [1.82, 2.24) is 15.5 Å². The molecule has 1 unspecified atom stereocenters. The number of hydrogen-bond donors (Lipinski definition) is 2. The lowest BCUT2D eigenvalue weighted by Gasteiger charge is -2.32. The SMILES string of the molecule is CNC1CCCN(C(=O)CCC(=O)NCC(=O)c2ccc(OC)cc2)C1.Cl. The van der Waals surface area contributed by atoms with Gasteiger partial charge in [-0.25, -0.2) is 0 Å². The van der Waals surface area contributed by atoms with Crippen molar-refractivity contribution in [3.8, 4) is 5.75 Å². The van der Waals surface area contributed by atoms with E-state index in [1.807, 2.05) is 7.05 Å². The van der Waals surface area contributed by atoms with Gasteiger partial charge in [0, 0.05) is 37.5 Å². The first-order chi connectivity index (χ1) is 12.5. The van der Waals surface area contributed by atoms with Gasteiger partial charge in [0.15, 0.2) is 5.78 Å². The molecule has 0 bridgehead atoms. The smallest absolute Gasteiger partial charge is 0.223 e. The molecule has 27 heavy (non-hydrogen) atoms. The topological polar surface area (TPSA) is 87.7 Å². The molecule has 150 valence electrons. The summed E-state index contributed by atoms with van der Waals surface area (Å²) in [6, 6.07) is 7.04. The van der Waals surface area contributed by atoms with Gasteiger partial charge in [0.2, 0.25) is 11.8 Å². The molecule has 1 aliphatic rings. The van der Waals surface area contributed by atoms with E-state index in [0.29, 0.717) is 23.9 Å². The van der Waals surface area contributed by atoms with Crippen LogP contribution >= 0.6 is 12.4 Å². The van der Waals surface area contributed by atoms with Crippen molar-refractivity contribution in [2.45, 2.75) is 31.7 Å². The quantitative estimate of drug-likeness (QED) is 0.647. The molecule has 1 heterocycles. The Morgan fingerprint density at radius 1 is 1.19 bits per heavy atom. The predicted octanol–water partition coefficient (Wildman–Crippen LogP) is 1.41. The number of carbonyl (C=O) groups is 3. The van der Waals surface area contributed by atoms with Crippen LogP contribution < -0.4 is 15.4 Å². The van der Waals surface area contributed by atoms with Crippen LogP contribution in [0, 0.1) is 0 Å². The maximum atomic E-state index is 12.2. The molecule has 2 rings (SSSR count). The molecular weight excluding hydrogens is 370 g/mol. The highest BCUT2D eigenvalue weighted by molar-refractivity contribution is 5.99. The molecule has 0 radical (unpaired) electrons. The Morgan fingerprint density at radius 3 is 2.52 bits per heavy atom. The van der Waals surface area contributed by atoms with E-state index in [1.54, 1.807) is 36.3 Å². The number of nitrogens with one attached hydrogen (secondary N) is 2. The molecule has 8 heteroatoms. The molecule has 0 saturated carbocycles. The summed E-state index contributed by atoms with van der Waals surface area (Å²) < 4.78 is 5.04. The maximum Gasteiger partial charge on any atom is 0.223 e. The van der Waals surface area contributed by atoms with E-state index < -0.39 is 0 Å². The Kier molecular flexibility index (Phi) is 9.82. The Labute approximate surface area is 166 Å². The van der Waals surface area contributed by atoms with Crippen LogP contribution in [-0.2, 0) is 9.59 Å². The molecule has 2 amide bonds. The van der Waals surface area contributed by atoms with Gasteiger partial charge in [-0.15, -0.1) is 12.4 Å². The maximum absolute atomic E-state index is 12.2. The number of piperidine rings is 1. The molecule has 0 aliphatic carbocycles. The number of rotatable bonds is 8. The number of Topliss-reactive ketones (excluding diaryl/α,β-unsaturated/α-hetero) is 1. The molecular formula is C19H28ClN3O4.